The van der Waals surface area contributed by atoms with E-state index in [4.69, 9.17) is 4.74 Å². The lowest BCUT2D eigenvalue weighted by molar-refractivity contribution is 0.128. The third-order valence-electron chi connectivity index (χ3n) is 3.11. The Morgan fingerprint density at radius 2 is 1.86 bits per heavy atom. The zero-order valence-electron chi connectivity index (χ0n) is 13.0. The van der Waals surface area contributed by atoms with Crippen molar-refractivity contribution >= 4 is 5.82 Å². The molecule has 2 aromatic rings. The van der Waals surface area contributed by atoms with Crippen LogP contribution in [-0.4, -0.2) is 23.1 Å². The second-order valence-electron chi connectivity index (χ2n) is 4.98. The largest absolute Gasteiger partial charge is 0.374 e. The molecule has 0 bridgehead atoms. The molecule has 4 heteroatoms. The molecular formula is C17H23N3O. The van der Waals surface area contributed by atoms with Crippen molar-refractivity contribution in [1.82, 2.24) is 9.97 Å². The Morgan fingerprint density at radius 1 is 1.10 bits per heavy atom. The lowest BCUT2D eigenvalue weighted by atomic mass is 10.1. The number of rotatable bonds is 7. The van der Waals surface area contributed by atoms with Crippen molar-refractivity contribution in [3.05, 3.63) is 41.7 Å². The molecule has 1 N–H and O–H groups in total. The first kappa shape index (κ1) is 15.4. The highest BCUT2D eigenvalue weighted by molar-refractivity contribution is 5.62. The second-order valence-corrected chi connectivity index (χ2v) is 4.98. The highest BCUT2D eigenvalue weighted by Crippen LogP contribution is 2.20. The maximum absolute atomic E-state index is 5.44. The molecule has 0 saturated carbocycles. The summed E-state index contributed by atoms with van der Waals surface area (Å²) < 4.78 is 5.44. The Kier molecular flexibility index (Phi) is 5.69. The van der Waals surface area contributed by atoms with Crippen LogP contribution in [0.3, 0.4) is 0 Å². The van der Waals surface area contributed by atoms with E-state index in [9.17, 15) is 0 Å². The maximum Gasteiger partial charge on any atom is 0.157 e. The summed E-state index contributed by atoms with van der Waals surface area (Å²) >= 11 is 0. The molecule has 1 heterocycles. The second kappa shape index (κ2) is 7.74. The van der Waals surface area contributed by atoms with Gasteiger partial charge in [-0.05, 0) is 20.3 Å². The molecule has 1 aromatic heterocycles. The summed E-state index contributed by atoms with van der Waals surface area (Å²) in [6, 6.07) is 10.4. The molecule has 2 rings (SSSR count). The Balaban J connectivity index is 2.31. The van der Waals surface area contributed by atoms with E-state index in [1.807, 2.05) is 13.0 Å². The Labute approximate surface area is 126 Å². The molecule has 0 aliphatic heterocycles. The summed E-state index contributed by atoms with van der Waals surface area (Å²) in [7, 11) is 0. The van der Waals surface area contributed by atoms with E-state index >= 15 is 0 Å². The fraction of sp³-hybridized carbons (Fsp3) is 0.412. The van der Waals surface area contributed by atoms with E-state index in [1.54, 1.807) is 0 Å². The predicted molar refractivity (Wildman–Crippen MR) is 86.3 cm³/mol. The Bertz CT molecular complexity index is 540. The smallest absolute Gasteiger partial charge is 0.157 e. The van der Waals surface area contributed by atoms with Gasteiger partial charge in [0.25, 0.3) is 0 Å². The van der Waals surface area contributed by atoms with Gasteiger partial charge in [-0.25, -0.2) is 9.97 Å². The zero-order chi connectivity index (χ0) is 15.1. The van der Waals surface area contributed by atoms with E-state index < -0.39 is 0 Å². The number of ether oxygens (including phenoxy) is 1. The molecule has 0 amide bonds. The molecule has 4 nitrogen and oxygen atoms in total. The summed E-state index contributed by atoms with van der Waals surface area (Å²) in [6.07, 6.45) is 1.06. The van der Waals surface area contributed by atoms with Crippen LogP contribution in [0.2, 0.25) is 0 Å². The number of hydrogen-bond acceptors (Lipinski definition) is 4. The normalized spacial score (nSPS) is 10.6. The number of benzene rings is 1. The topological polar surface area (TPSA) is 47.0 Å². The molecule has 0 radical (unpaired) electrons. The van der Waals surface area contributed by atoms with Gasteiger partial charge in [0.2, 0.25) is 0 Å². The first-order chi connectivity index (χ1) is 10.2. The number of nitrogens with one attached hydrogen (secondary N) is 1. The van der Waals surface area contributed by atoms with Crippen LogP contribution in [0.4, 0.5) is 5.82 Å². The first-order valence-corrected chi connectivity index (χ1v) is 7.49. The molecule has 0 atom stereocenters. The van der Waals surface area contributed by atoms with Crippen LogP contribution in [-0.2, 0) is 11.3 Å². The van der Waals surface area contributed by atoms with Gasteiger partial charge in [0, 0.05) is 24.8 Å². The number of hydrogen-bond donors (Lipinski definition) is 1. The van der Waals surface area contributed by atoms with Gasteiger partial charge in [-0.3, -0.25) is 0 Å². The molecule has 112 valence electrons. The lowest BCUT2D eigenvalue weighted by Gasteiger charge is -2.10. The number of aryl methyl sites for hydroxylation is 1. The molecular weight excluding hydrogens is 262 g/mol. The third-order valence-corrected chi connectivity index (χ3v) is 3.11. The van der Waals surface area contributed by atoms with Crippen molar-refractivity contribution in [2.45, 2.75) is 33.8 Å². The van der Waals surface area contributed by atoms with Gasteiger partial charge >= 0.3 is 0 Å². The van der Waals surface area contributed by atoms with E-state index in [2.05, 4.69) is 53.4 Å². The average Bonchev–Trinajstić information content (AvgIpc) is 2.51. The summed E-state index contributed by atoms with van der Waals surface area (Å²) in [4.78, 5) is 9.11. The minimum absolute atomic E-state index is 0.441. The summed E-state index contributed by atoms with van der Waals surface area (Å²) in [5.74, 6) is 1.57. The Morgan fingerprint density at radius 3 is 2.52 bits per heavy atom. The quantitative estimate of drug-likeness (QED) is 0.840. The zero-order valence-corrected chi connectivity index (χ0v) is 13.0. The van der Waals surface area contributed by atoms with E-state index in [1.165, 1.54) is 5.56 Å². The van der Waals surface area contributed by atoms with Crippen molar-refractivity contribution in [1.29, 1.82) is 0 Å². The van der Waals surface area contributed by atoms with Crippen molar-refractivity contribution in [3.8, 4) is 11.3 Å². The van der Waals surface area contributed by atoms with E-state index in [0.29, 0.717) is 19.0 Å². The molecule has 1 aromatic carbocycles. The van der Waals surface area contributed by atoms with Gasteiger partial charge in [0.15, 0.2) is 5.82 Å². The Hall–Kier alpha value is -1.94. The lowest BCUT2D eigenvalue weighted by Crippen LogP contribution is -2.07. The van der Waals surface area contributed by atoms with Gasteiger partial charge < -0.3 is 10.1 Å². The average molecular weight is 285 g/mol. The highest BCUT2D eigenvalue weighted by Gasteiger charge is 2.07. The fourth-order valence-electron chi connectivity index (χ4n) is 1.97. The maximum atomic E-state index is 5.44. The minimum Gasteiger partial charge on any atom is -0.374 e. The molecule has 0 unspecified atom stereocenters. The van der Waals surface area contributed by atoms with Crippen LogP contribution in [0.1, 0.15) is 31.7 Å². The number of nitrogens with zero attached hydrogens (tertiary/aromatic N) is 2. The molecule has 0 spiro atoms. The van der Waals surface area contributed by atoms with Crippen LogP contribution in [0.15, 0.2) is 30.3 Å². The van der Waals surface area contributed by atoms with Gasteiger partial charge in [0.05, 0.1) is 5.69 Å². The van der Waals surface area contributed by atoms with Gasteiger partial charge in [-0.15, -0.1) is 0 Å². The van der Waals surface area contributed by atoms with Crippen LogP contribution in [0, 0.1) is 6.92 Å². The summed E-state index contributed by atoms with van der Waals surface area (Å²) in [5.41, 5.74) is 3.27. The van der Waals surface area contributed by atoms with Gasteiger partial charge in [-0.1, -0.05) is 36.8 Å². The van der Waals surface area contributed by atoms with Gasteiger partial charge in [0.1, 0.15) is 12.4 Å². The molecule has 0 saturated heterocycles. The molecule has 0 fully saturated rings. The highest BCUT2D eigenvalue weighted by atomic mass is 16.5. The molecule has 0 aliphatic carbocycles. The van der Waals surface area contributed by atoms with Crippen LogP contribution in [0.25, 0.3) is 11.3 Å². The molecule has 0 aliphatic rings. The summed E-state index contributed by atoms with van der Waals surface area (Å²) in [5, 5.41) is 3.33. The molecule has 21 heavy (non-hydrogen) atoms. The predicted octanol–water partition coefficient (Wildman–Crippen LogP) is 3.81. The fourth-order valence-corrected chi connectivity index (χ4v) is 1.97. The SMILES string of the molecule is CCCNc1cc(-c2ccc(C)cc2)nc(COCC)n1. The monoisotopic (exact) mass is 285 g/mol. The number of anilines is 1. The standard InChI is InChI=1S/C17H23N3O/c1-4-10-18-16-11-15(14-8-6-13(3)7-9-14)19-17(20-16)12-21-5-2/h6-9,11H,4-5,10,12H2,1-3H3,(H,18,19,20). The van der Waals surface area contributed by atoms with Crippen molar-refractivity contribution in [3.63, 3.8) is 0 Å². The van der Waals surface area contributed by atoms with Crippen LogP contribution in [0.5, 0.6) is 0 Å². The van der Waals surface area contributed by atoms with Crippen molar-refractivity contribution in [2.75, 3.05) is 18.5 Å². The number of aromatic nitrogens is 2. The minimum atomic E-state index is 0.441. The third kappa shape index (κ3) is 4.53. The van der Waals surface area contributed by atoms with Crippen molar-refractivity contribution in [2.24, 2.45) is 0 Å². The van der Waals surface area contributed by atoms with E-state index in [-0.39, 0.29) is 0 Å². The summed E-state index contributed by atoms with van der Waals surface area (Å²) in [6.45, 7) is 8.19. The van der Waals surface area contributed by atoms with Crippen LogP contribution < -0.4 is 5.32 Å². The van der Waals surface area contributed by atoms with Crippen molar-refractivity contribution < 1.29 is 4.74 Å². The van der Waals surface area contributed by atoms with Crippen LogP contribution >= 0.6 is 0 Å². The van der Waals surface area contributed by atoms with E-state index in [0.717, 1.165) is 30.0 Å². The van der Waals surface area contributed by atoms with Gasteiger partial charge in [-0.2, -0.15) is 0 Å². The first-order valence-electron chi connectivity index (χ1n) is 7.49.